The molecular formula is C23H28N4O. The summed E-state index contributed by atoms with van der Waals surface area (Å²) in [4.78, 5) is 4.28. The predicted octanol–water partition coefficient (Wildman–Crippen LogP) is 5.20. The van der Waals surface area contributed by atoms with Crippen LogP contribution in [0.3, 0.4) is 0 Å². The van der Waals surface area contributed by atoms with Gasteiger partial charge in [-0.2, -0.15) is 0 Å². The van der Waals surface area contributed by atoms with E-state index in [1.165, 1.54) is 5.56 Å². The van der Waals surface area contributed by atoms with Crippen molar-refractivity contribution < 1.29 is 4.74 Å². The van der Waals surface area contributed by atoms with Crippen molar-refractivity contribution in [2.75, 3.05) is 0 Å². The molecule has 0 radical (unpaired) electrons. The molecule has 1 aliphatic rings. The first-order valence-electron chi connectivity index (χ1n) is 10.2. The summed E-state index contributed by atoms with van der Waals surface area (Å²) in [6, 6.07) is 14.4. The summed E-state index contributed by atoms with van der Waals surface area (Å²) in [6.45, 7) is 6.47. The lowest BCUT2D eigenvalue weighted by Crippen LogP contribution is -2.25. The van der Waals surface area contributed by atoms with Crippen molar-refractivity contribution >= 4 is 0 Å². The second kappa shape index (κ2) is 8.13. The van der Waals surface area contributed by atoms with Crippen LogP contribution in [-0.4, -0.2) is 25.9 Å². The van der Waals surface area contributed by atoms with E-state index in [9.17, 15) is 0 Å². The van der Waals surface area contributed by atoms with Gasteiger partial charge in [0.15, 0.2) is 0 Å². The van der Waals surface area contributed by atoms with Gasteiger partial charge in [-0.3, -0.25) is 4.57 Å². The standard InChI is InChI=1S/C23H28N4O/c1-16(2)22-25-26-23(27(22)19-11-7-17(3)8-12-19)18-9-13-20(14-10-18)28-21-6-4-5-15-24-21/h4-8,11-12,15-16,18,20H,9-10,13-14H2,1-3H3/t18-,20-. The summed E-state index contributed by atoms with van der Waals surface area (Å²) >= 11 is 0. The molecule has 0 bridgehead atoms. The fourth-order valence-electron chi connectivity index (χ4n) is 3.93. The number of hydrogen-bond acceptors (Lipinski definition) is 4. The second-order valence-electron chi connectivity index (χ2n) is 8.00. The lowest BCUT2D eigenvalue weighted by molar-refractivity contribution is 0.139. The van der Waals surface area contributed by atoms with Gasteiger partial charge in [0.05, 0.1) is 0 Å². The molecule has 0 unspecified atom stereocenters. The fourth-order valence-corrected chi connectivity index (χ4v) is 3.93. The molecule has 1 aromatic carbocycles. The highest BCUT2D eigenvalue weighted by molar-refractivity contribution is 5.37. The van der Waals surface area contributed by atoms with E-state index < -0.39 is 0 Å². The van der Waals surface area contributed by atoms with Crippen molar-refractivity contribution in [3.63, 3.8) is 0 Å². The van der Waals surface area contributed by atoms with Crippen LogP contribution >= 0.6 is 0 Å². The maximum Gasteiger partial charge on any atom is 0.213 e. The van der Waals surface area contributed by atoms with Crippen molar-refractivity contribution in [1.82, 2.24) is 19.7 Å². The maximum absolute atomic E-state index is 6.06. The first-order chi connectivity index (χ1) is 13.6. The number of nitrogens with zero attached hydrogens (tertiary/aromatic N) is 4. The molecule has 0 spiro atoms. The van der Waals surface area contributed by atoms with Gasteiger partial charge in [0.25, 0.3) is 0 Å². The number of aryl methyl sites for hydroxylation is 1. The SMILES string of the molecule is Cc1ccc(-n2c(C(C)C)nnc2[C@H]2CC[C@H](Oc3ccccn3)CC2)cc1. The third-order valence-electron chi connectivity index (χ3n) is 5.49. The van der Waals surface area contributed by atoms with E-state index in [0.29, 0.717) is 11.8 Å². The minimum Gasteiger partial charge on any atom is -0.474 e. The van der Waals surface area contributed by atoms with Gasteiger partial charge in [0, 0.05) is 29.8 Å². The van der Waals surface area contributed by atoms with Crippen LogP contribution in [0.1, 0.15) is 68.6 Å². The molecule has 28 heavy (non-hydrogen) atoms. The average molecular weight is 377 g/mol. The minimum absolute atomic E-state index is 0.228. The van der Waals surface area contributed by atoms with Crippen LogP contribution in [0.4, 0.5) is 0 Å². The van der Waals surface area contributed by atoms with E-state index in [4.69, 9.17) is 4.74 Å². The lowest BCUT2D eigenvalue weighted by Gasteiger charge is -2.28. The van der Waals surface area contributed by atoms with Crippen molar-refractivity contribution in [2.24, 2.45) is 0 Å². The molecule has 146 valence electrons. The molecule has 0 atom stereocenters. The zero-order valence-corrected chi connectivity index (χ0v) is 16.9. The Labute approximate surface area is 166 Å². The molecule has 4 rings (SSSR count). The predicted molar refractivity (Wildman–Crippen MR) is 110 cm³/mol. The normalized spacial score (nSPS) is 19.7. The van der Waals surface area contributed by atoms with Crippen molar-refractivity contribution in [1.29, 1.82) is 0 Å². The molecule has 0 saturated heterocycles. The van der Waals surface area contributed by atoms with E-state index in [1.54, 1.807) is 6.20 Å². The molecule has 0 amide bonds. The first kappa shape index (κ1) is 18.7. The van der Waals surface area contributed by atoms with Crippen molar-refractivity contribution in [3.8, 4) is 11.6 Å². The summed E-state index contributed by atoms with van der Waals surface area (Å²) < 4.78 is 8.33. The number of hydrogen-bond donors (Lipinski definition) is 0. The number of pyridine rings is 1. The highest BCUT2D eigenvalue weighted by Gasteiger charge is 2.29. The van der Waals surface area contributed by atoms with Gasteiger partial charge in [-0.25, -0.2) is 4.98 Å². The fraction of sp³-hybridized carbons (Fsp3) is 0.435. The molecule has 2 heterocycles. The number of benzene rings is 1. The van der Waals surface area contributed by atoms with E-state index in [0.717, 1.165) is 48.9 Å². The summed E-state index contributed by atoms with van der Waals surface area (Å²) in [5.74, 6) is 3.57. The Morgan fingerprint density at radius 2 is 1.71 bits per heavy atom. The largest absolute Gasteiger partial charge is 0.474 e. The summed E-state index contributed by atoms with van der Waals surface area (Å²) in [6.07, 6.45) is 6.14. The number of rotatable bonds is 5. The van der Waals surface area contributed by atoms with Gasteiger partial charge >= 0.3 is 0 Å². The van der Waals surface area contributed by atoms with Crippen LogP contribution in [0.15, 0.2) is 48.7 Å². The molecule has 0 N–H and O–H groups in total. The van der Waals surface area contributed by atoms with Crippen LogP contribution in [0.2, 0.25) is 0 Å². The van der Waals surface area contributed by atoms with Gasteiger partial charge in [-0.15, -0.1) is 10.2 Å². The minimum atomic E-state index is 0.228. The average Bonchev–Trinajstić information content (AvgIpc) is 3.15. The number of aromatic nitrogens is 4. The Balaban J connectivity index is 1.53. The maximum atomic E-state index is 6.06. The van der Waals surface area contributed by atoms with Gasteiger partial charge in [-0.05, 0) is 50.8 Å². The molecule has 0 aliphatic heterocycles. The Bertz CT molecular complexity index is 894. The van der Waals surface area contributed by atoms with Crippen LogP contribution in [0, 0.1) is 6.92 Å². The Morgan fingerprint density at radius 1 is 0.964 bits per heavy atom. The third-order valence-corrected chi connectivity index (χ3v) is 5.49. The van der Waals surface area contributed by atoms with Gasteiger partial charge in [-0.1, -0.05) is 37.6 Å². The van der Waals surface area contributed by atoms with E-state index >= 15 is 0 Å². The molecule has 5 heteroatoms. The summed E-state index contributed by atoms with van der Waals surface area (Å²) in [5, 5.41) is 9.18. The monoisotopic (exact) mass is 376 g/mol. The highest BCUT2D eigenvalue weighted by atomic mass is 16.5. The quantitative estimate of drug-likeness (QED) is 0.614. The van der Waals surface area contributed by atoms with E-state index in [1.807, 2.05) is 18.2 Å². The Kier molecular flexibility index (Phi) is 5.42. The zero-order chi connectivity index (χ0) is 19.5. The second-order valence-corrected chi connectivity index (χ2v) is 8.00. The Morgan fingerprint density at radius 3 is 2.36 bits per heavy atom. The zero-order valence-electron chi connectivity index (χ0n) is 16.9. The summed E-state index contributed by atoms with van der Waals surface area (Å²) in [7, 11) is 0. The topological polar surface area (TPSA) is 52.8 Å². The molecular weight excluding hydrogens is 348 g/mol. The van der Waals surface area contributed by atoms with Crippen LogP contribution in [-0.2, 0) is 0 Å². The molecule has 5 nitrogen and oxygen atoms in total. The lowest BCUT2D eigenvalue weighted by atomic mass is 9.86. The van der Waals surface area contributed by atoms with Gasteiger partial charge in [0.1, 0.15) is 17.8 Å². The summed E-state index contributed by atoms with van der Waals surface area (Å²) in [5.41, 5.74) is 2.41. The van der Waals surface area contributed by atoms with Gasteiger partial charge in [0.2, 0.25) is 5.88 Å². The molecule has 1 saturated carbocycles. The van der Waals surface area contributed by atoms with Crippen molar-refractivity contribution in [3.05, 3.63) is 65.9 Å². The van der Waals surface area contributed by atoms with Gasteiger partial charge < -0.3 is 4.74 Å². The molecule has 2 aromatic heterocycles. The van der Waals surface area contributed by atoms with Crippen LogP contribution in [0.5, 0.6) is 5.88 Å². The third kappa shape index (κ3) is 3.93. The Hall–Kier alpha value is -2.69. The van der Waals surface area contributed by atoms with Crippen LogP contribution in [0.25, 0.3) is 5.69 Å². The van der Waals surface area contributed by atoms with E-state index in [-0.39, 0.29) is 6.10 Å². The number of ether oxygens (including phenoxy) is 1. The molecule has 1 fully saturated rings. The molecule has 1 aliphatic carbocycles. The first-order valence-corrected chi connectivity index (χ1v) is 10.2. The highest BCUT2D eigenvalue weighted by Crippen LogP contribution is 2.35. The van der Waals surface area contributed by atoms with E-state index in [2.05, 4.69) is 64.8 Å². The molecule has 3 aromatic rings. The van der Waals surface area contributed by atoms with Crippen molar-refractivity contribution in [2.45, 2.75) is 64.4 Å². The van der Waals surface area contributed by atoms with Crippen LogP contribution < -0.4 is 4.74 Å². The smallest absolute Gasteiger partial charge is 0.213 e.